The Morgan fingerprint density at radius 3 is 2.53 bits per heavy atom. The third-order valence-electron chi connectivity index (χ3n) is 3.34. The molecule has 0 fully saturated rings. The molecular weight excluding hydrogens is 234 g/mol. The van der Waals surface area contributed by atoms with E-state index in [1.807, 2.05) is 19.1 Å². The molecule has 1 heterocycles. The van der Waals surface area contributed by atoms with Crippen LogP contribution in [0.1, 0.15) is 12.5 Å². The van der Waals surface area contributed by atoms with Gasteiger partial charge in [0, 0.05) is 16.6 Å². The Kier molecular flexibility index (Phi) is 3.00. The van der Waals surface area contributed by atoms with Crippen LogP contribution in [-0.2, 0) is 0 Å². The summed E-state index contributed by atoms with van der Waals surface area (Å²) in [5, 5.41) is 1.25. The van der Waals surface area contributed by atoms with E-state index in [1.54, 1.807) is 0 Å². The first-order chi connectivity index (χ1) is 9.28. The van der Waals surface area contributed by atoms with Crippen molar-refractivity contribution in [1.29, 1.82) is 0 Å². The highest BCUT2D eigenvalue weighted by Gasteiger charge is 2.05. The first-order valence-electron chi connectivity index (χ1n) is 6.59. The topological polar surface area (TPSA) is 25.0 Å². The highest BCUT2D eigenvalue weighted by molar-refractivity contribution is 5.88. The molecule has 1 aromatic heterocycles. The number of H-pyrrole nitrogens is 1. The van der Waals surface area contributed by atoms with E-state index in [9.17, 15) is 0 Å². The number of nitrogens with one attached hydrogen (secondary N) is 1. The molecule has 1 N–H and O–H groups in total. The number of para-hydroxylation sites is 1. The van der Waals surface area contributed by atoms with Crippen LogP contribution in [0.5, 0.6) is 5.75 Å². The maximum atomic E-state index is 5.46. The number of ether oxygens (including phenoxy) is 1. The summed E-state index contributed by atoms with van der Waals surface area (Å²) < 4.78 is 5.46. The molecule has 0 aliphatic carbocycles. The Hall–Kier alpha value is -2.22. The summed E-state index contributed by atoms with van der Waals surface area (Å²) in [7, 11) is 0. The van der Waals surface area contributed by atoms with Crippen molar-refractivity contribution in [1.82, 2.24) is 4.98 Å². The fraction of sp³-hybridized carbons (Fsp3) is 0.176. The second kappa shape index (κ2) is 4.81. The lowest BCUT2D eigenvalue weighted by Crippen LogP contribution is -1.90. The lowest BCUT2D eigenvalue weighted by atomic mass is 10.1. The normalized spacial score (nSPS) is 10.8. The van der Waals surface area contributed by atoms with Crippen molar-refractivity contribution in [3.63, 3.8) is 0 Å². The molecule has 0 aliphatic rings. The predicted octanol–water partition coefficient (Wildman–Crippen LogP) is 4.54. The van der Waals surface area contributed by atoms with Crippen LogP contribution in [0.3, 0.4) is 0 Å². The largest absolute Gasteiger partial charge is 0.494 e. The molecule has 2 aromatic carbocycles. The van der Waals surface area contributed by atoms with Gasteiger partial charge in [0.2, 0.25) is 0 Å². The minimum atomic E-state index is 0.699. The van der Waals surface area contributed by atoms with Gasteiger partial charge in [-0.1, -0.05) is 18.2 Å². The monoisotopic (exact) mass is 251 g/mol. The zero-order valence-electron chi connectivity index (χ0n) is 11.2. The first-order valence-corrected chi connectivity index (χ1v) is 6.59. The van der Waals surface area contributed by atoms with E-state index in [0.29, 0.717) is 6.61 Å². The molecule has 0 saturated heterocycles. The van der Waals surface area contributed by atoms with Crippen molar-refractivity contribution >= 4 is 10.9 Å². The number of fused-ring (bicyclic) bond motifs is 1. The van der Waals surface area contributed by atoms with Crippen LogP contribution in [-0.4, -0.2) is 11.6 Å². The minimum absolute atomic E-state index is 0.699. The SMILES string of the molecule is CCOc1ccc(-c2cc3cccc(C)c3[nH]2)cc1. The quantitative estimate of drug-likeness (QED) is 0.726. The summed E-state index contributed by atoms with van der Waals surface area (Å²) in [6.07, 6.45) is 0. The molecule has 0 unspecified atom stereocenters. The molecule has 0 aliphatic heterocycles. The van der Waals surface area contributed by atoms with E-state index in [1.165, 1.54) is 22.0 Å². The van der Waals surface area contributed by atoms with Crippen molar-refractivity contribution < 1.29 is 4.74 Å². The van der Waals surface area contributed by atoms with Crippen molar-refractivity contribution in [2.75, 3.05) is 6.61 Å². The van der Waals surface area contributed by atoms with Gasteiger partial charge in [-0.3, -0.25) is 0 Å². The number of benzene rings is 2. The van der Waals surface area contributed by atoms with Gasteiger partial charge in [-0.15, -0.1) is 0 Å². The maximum Gasteiger partial charge on any atom is 0.119 e. The lowest BCUT2D eigenvalue weighted by Gasteiger charge is -2.03. The van der Waals surface area contributed by atoms with Crippen LogP contribution < -0.4 is 4.74 Å². The third-order valence-corrected chi connectivity index (χ3v) is 3.34. The van der Waals surface area contributed by atoms with Gasteiger partial charge in [-0.05, 0) is 55.3 Å². The number of aromatic amines is 1. The fourth-order valence-electron chi connectivity index (χ4n) is 2.36. The number of hydrogen-bond donors (Lipinski definition) is 1. The van der Waals surface area contributed by atoms with Crippen LogP contribution in [0.2, 0.25) is 0 Å². The standard InChI is InChI=1S/C17H17NO/c1-3-19-15-9-7-13(8-10-15)16-11-14-6-4-5-12(2)17(14)18-16/h4-11,18H,3H2,1-2H3. The van der Waals surface area contributed by atoms with Gasteiger partial charge in [0.1, 0.15) is 5.75 Å². The van der Waals surface area contributed by atoms with Gasteiger partial charge in [-0.25, -0.2) is 0 Å². The molecule has 3 aromatic rings. The summed E-state index contributed by atoms with van der Waals surface area (Å²) in [6, 6.07) is 16.7. The second-order valence-electron chi connectivity index (χ2n) is 4.68. The van der Waals surface area contributed by atoms with Crippen molar-refractivity contribution in [2.24, 2.45) is 0 Å². The third kappa shape index (κ3) is 2.22. The summed E-state index contributed by atoms with van der Waals surface area (Å²) in [5.74, 6) is 0.915. The average Bonchev–Trinajstić information content (AvgIpc) is 2.85. The van der Waals surface area contributed by atoms with Crippen LogP contribution in [0.4, 0.5) is 0 Å². The molecular formula is C17H17NO. The molecule has 0 spiro atoms. The number of hydrogen-bond acceptors (Lipinski definition) is 1. The zero-order valence-corrected chi connectivity index (χ0v) is 11.2. The average molecular weight is 251 g/mol. The van der Waals surface area contributed by atoms with Crippen molar-refractivity contribution in [3.05, 3.63) is 54.1 Å². The molecule has 2 heteroatoms. The molecule has 19 heavy (non-hydrogen) atoms. The van der Waals surface area contributed by atoms with E-state index in [2.05, 4.69) is 48.3 Å². The van der Waals surface area contributed by atoms with Crippen LogP contribution >= 0.6 is 0 Å². The van der Waals surface area contributed by atoms with Crippen molar-refractivity contribution in [2.45, 2.75) is 13.8 Å². The smallest absolute Gasteiger partial charge is 0.119 e. The number of aryl methyl sites for hydroxylation is 1. The zero-order chi connectivity index (χ0) is 13.2. The van der Waals surface area contributed by atoms with E-state index in [0.717, 1.165) is 11.4 Å². The van der Waals surface area contributed by atoms with E-state index >= 15 is 0 Å². The molecule has 0 bridgehead atoms. The maximum absolute atomic E-state index is 5.46. The Morgan fingerprint density at radius 1 is 1.05 bits per heavy atom. The predicted molar refractivity (Wildman–Crippen MR) is 79.6 cm³/mol. The highest BCUT2D eigenvalue weighted by Crippen LogP contribution is 2.27. The van der Waals surface area contributed by atoms with E-state index in [-0.39, 0.29) is 0 Å². The van der Waals surface area contributed by atoms with Crippen molar-refractivity contribution in [3.8, 4) is 17.0 Å². The Balaban J connectivity index is 2.01. The molecule has 0 amide bonds. The fourth-order valence-corrected chi connectivity index (χ4v) is 2.36. The first kappa shape index (κ1) is 11.8. The van der Waals surface area contributed by atoms with Gasteiger partial charge in [0.15, 0.2) is 0 Å². The highest BCUT2D eigenvalue weighted by atomic mass is 16.5. The van der Waals surface area contributed by atoms with Crippen LogP contribution in [0.15, 0.2) is 48.5 Å². The molecule has 0 saturated carbocycles. The second-order valence-corrected chi connectivity index (χ2v) is 4.68. The van der Waals surface area contributed by atoms with Crippen LogP contribution in [0.25, 0.3) is 22.2 Å². The summed E-state index contributed by atoms with van der Waals surface area (Å²) >= 11 is 0. The van der Waals surface area contributed by atoms with Gasteiger partial charge >= 0.3 is 0 Å². The van der Waals surface area contributed by atoms with E-state index in [4.69, 9.17) is 4.74 Å². The number of aromatic nitrogens is 1. The molecule has 0 radical (unpaired) electrons. The molecule has 0 atom stereocenters. The number of rotatable bonds is 3. The summed E-state index contributed by atoms with van der Waals surface area (Å²) in [5.41, 5.74) is 4.81. The van der Waals surface area contributed by atoms with Gasteiger partial charge in [0.25, 0.3) is 0 Å². The van der Waals surface area contributed by atoms with Gasteiger partial charge in [-0.2, -0.15) is 0 Å². The lowest BCUT2D eigenvalue weighted by molar-refractivity contribution is 0.340. The van der Waals surface area contributed by atoms with Crippen LogP contribution in [0, 0.1) is 6.92 Å². The summed E-state index contributed by atoms with van der Waals surface area (Å²) in [6.45, 7) is 4.82. The minimum Gasteiger partial charge on any atom is -0.494 e. The Labute approximate surface area is 113 Å². The Morgan fingerprint density at radius 2 is 1.84 bits per heavy atom. The van der Waals surface area contributed by atoms with Gasteiger partial charge in [0.05, 0.1) is 6.61 Å². The molecule has 3 rings (SSSR count). The molecule has 2 nitrogen and oxygen atoms in total. The van der Waals surface area contributed by atoms with E-state index < -0.39 is 0 Å². The molecule has 96 valence electrons. The Bertz CT molecular complexity index is 695. The van der Waals surface area contributed by atoms with Gasteiger partial charge < -0.3 is 9.72 Å². The summed E-state index contributed by atoms with van der Waals surface area (Å²) in [4.78, 5) is 3.49.